The van der Waals surface area contributed by atoms with Crippen LogP contribution in [0.25, 0.3) is 5.69 Å². The Morgan fingerprint density at radius 2 is 2.23 bits per heavy atom. The third-order valence-corrected chi connectivity index (χ3v) is 4.39. The van der Waals surface area contributed by atoms with Crippen LogP contribution in [0.15, 0.2) is 36.7 Å². The summed E-state index contributed by atoms with van der Waals surface area (Å²) in [5, 5.41) is 7.48. The van der Waals surface area contributed by atoms with Gasteiger partial charge in [-0.15, -0.1) is 11.8 Å². The molecule has 2 heterocycles. The van der Waals surface area contributed by atoms with Crippen LogP contribution in [-0.4, -0.2) is 44.7 Å². The third-order valence-electron chi connectivity index (χ3n) is 3.13. The van der Waals surface area contributed by atoms with E-state index in [1.165, 1.54) is 16.7 Å². The van der Waals surface area contributed by atoms with Crippen molar-refractivity contribution >= 4 is 40.9 Å². The molecular weight excluding hydrogens is 324 g/mol. The van der Waals surface area contributed by atoms with Gasteiger partial charge in [0.25, 0.3) is 0 Å². The Morgan fingerprint density at radius 1 is 1.41 bits per heavy atom. The molecule has 114 valence electrons. The number of aromatic nitrogens is 2. The number of nitrogens with zero attached hydrogens (tertiary/aromatic N) is 3. The second-order valence-corrected chi connectivity index (χ2v) is 6.10. The van der Waals surface area contributed by atoms with Crippen LogP contribution in [0.2, 0.25) is 5.02 Å². The maximum atomic E-state index is 11.9. The third kappa shape index (κ3) is 3.26. The van der Waals surface area contributed by atoms with Gasteiger partial charge in [0.05, 0.1) is 40.4 Å². The molecule has 0 radical (unpaired) electrons. The maximum Gasteiger partial charge on any atom is 0.244 e. The highest BCUT2D eigenvalue weighted by atomic mass is 35.5. The summed E-state index contributed by atoms with van der Waals surface area (Å²) in [7, 11) is 0. The van der Waals surface area contributed by atoms with Gasteiger partial charge in [-0.1, -0.05) is 23.7 Å². The normalized spacial score (nSPS) is 14.4. The number of halogens is 1. The van der Waals surface area contributed by atoms with E-state index in [4.69, 9.17) is 11.6 Å². The minimum Gasteiger partial charge on any atom is -0.323 e. The number of carbonyl (C=O) groups excluding carboxylic acids is 2. The zero-order chi connectivity index (χ0) is 15.5. The zero-order valence-electron chi connectivity index (χ0n) is 11.5. The van der Waals surface area contributed by atoms with Crippen LogP contribution in [0.1, 0.15) is 0 Å². The number of anilines is 1. The molecule has 1 aromatic heterocycles. The monoisotopic (exact) mass is 336 g/mol. The van der Waals surface area contributed by atoms with Crippen LogP contribution in [0.5, 0.6) is 0 Å². The molecule has 1 aliphatic rings. The molecule has 8 heteroatoms. The standard InChI is InChI=1S/C14H13ClN4O2S/c15-11-3-1-2-4-12(11)19-6-10(5-16-19)17-13(20)7-18-9-22-8-14(18)21/h1-6H,7-9H2,(H,17,20). The fourth-order valence-electron chi connectivity index (χ4n) is 2.07. The van der Waals surface area contributed by atoms with Crippen molar-refractivity contribution < 1.29 is 9.59 Å². The lowest BCUT2D eigenvalue weighted by atomic mass is 10.3. The van der Waals surface area contributed by atoms with Crippen molar-refractivity contribution in [3.8, 4) is 5.69 Å². The molecule has 6 nitrogen and oxygen atoms in total. The van der Waals surface area contributed by atoms with Gasteiger partial charge < -0.3 is 10.2 Å². The average molecular weight is 337 g/mol. The van der Waals surface area contributed by atoms with Crippen molar-refractivity contribution in [1.29, 1.82) is 0 Å². The largest absolute Gasteiger partial charge is 0.323 e. The lowest BCUT2D eigenvalue weighted by molar-refractivity contribution is -0.130. The first kappa shape index (κ1) is 14.9. The smallest absolute Gasteiger partial charge is 0.244 e. The molecule has 0 saturated carbocycles. The molecular formula is C14H13ClN4O2S. The van der Waals surface area contributed by atoms with Gasteiger partial charge in [0, 0.05) is 0 Å². The van der Waals surface area contributed by atoms with Gasteiger partial charge in [-0.3, -0.25) is 9.59 Å². The minimum absolute atomic E-state index is 0.00749. The molecule has 0 bridgehead atoms. The van der Waals surface area contributed by atoms with Gasteiger partial charge >= 0.3 is 0 Å². The van der Waals surface area contributed by atoms with E-state index < -0.39 is 0 Å². The molecule has 1 aliphatic heterocycles. The van der Waals surface area contributed by atoms with Crippen LogP contribution < -0.4 is 5.32 Å². The molecule has 1 N–H and O–H groups in total. The van der Waals surface area contributed by atoms with E-state index in [9.17, 15) is 9.59 Å². The van der Waals surface area contributed by atoms with Gasteiger partial charge in [0.1, 0.15) is 6.54 Å². The fourth-order valence-corrected chi connectivity index (χ4v) is 3.20. The van der Waals surface area contributed by atoms with Gasteiger partial charge in [-0.25, -0.2) is 4.68 Å². The van der Waals surface area contributed by atoms with E-state index in [1.54, 1.807) is 23.1 Å². The summed E-state index contributed by atoms with van der Waals surface area (Å²) in [6.07, 6.45) is 3.22. The van der Waals surface area contributed by atoms with E-state index in [-0.39, 0.29) is 18.4 Å². The molecule has 1 aromatic carbocycles. The van der Waals surface area contributed by atoms with Crippen LogP contribution in [0, 0.1) is 0 Å². The number of carbonyl (C=O) groups is 2. The van der Waals surface area contributed by atoms with Gasteiger partial charge in [-0.05, 0) is 12.1 Å². The summed E-state index contributed by atoms with van der Waals surface area (Å²) in [5.74, 6) is 0.754. The maximum absolute atomic E-state index is 11.9. The Balaban J connectivity index is 1.65. The number of nitrogens with one attached hydrogen (secondary N) is 1. The van der Waals surface area contributed by atoms with Gasteiger partial charge in [-0.2, -0.15) is 5.10 Å². The molecule has 0 atom stereocenters. The number of benzene rings is 1. The predicted octanol–water partition coefficient (Wildman–Crippen LogP) is 2.00. The van der Waals surface area contributed by atoms with E-state index in [0.29, 0.717) is 22.3 Å². The van der Waals surface area contributed by atoms with Crippen molar-refractivity contribution in [2.75, 3.05) is 23.5 Å². The second-order valence-electron chi connectivity index (χ2n) is 4.74. The number of thioether (sulfide) groups is 1. The Hall–Kier alpha value is -1.99. The van der Waals surface area contributed by atoms with Crippen molar-refractivity contribution in [2.45, 2.75) is 0 Å². The van der Waals surface area contributed by atoms with Crippen LogP contribution in [0.4, 0.5) is 5.69 Å². The van der Waals surface area contributed by atoms with E-state index >= 15 is 0 Å². The Morgan fingerprint density at radius 3 is 2.95 bits per heavy atom. The van der Waals surface area contributed by atoms with Crippen LogP contribution in [0.3, 0.4) is 0 Å². The zero-order valence-corrected chi connectivity index (χ0v) is 13.1. The highest BCUT2D eigenvalue weighted by Crippen LogP contribution is 2.20. The number of para-hydroxylation sites is 1. The average Bonchev–Trinajstić information content (AvgIpc) is 3.10. The molecule has 1 fully saturated rings. The summed E-state index contributed by atoms with van der Waals surface area (Å²) in [6.45, 7) is 0.0586. The lowest BCUT2D eigenvalue weighted by Gasteiger charge is -2.13. The quantitative estimate of drug-likeness (QED) is 0.927. The minimum atomic E-state index is -0.241. The van der Waals surface area contributed by atoms with E-state index in [2.05, 4.69) is 10.4 Å². The first-order chi connectivity index (χ1) is 10.6. The summed E-state index contributed by atoms with van der Waals surface area (Å²) < 4.78 is 1.59. The molecule has 0 spiro atoms. The molecule has 0 aliphatic carbocycles. The summed E-state index contributed by atoms with van der Waals surface area (Å²) in [6, 6.07) is 7.30. The Labute approximate surface area is 136 Å². The van der Waals surface area contributed by atoms with Crippen molar-refractivity contribution in [1.82, 2.24) is 14.7 Å². The van der Waals surface area contributed by atoms with Crippen molar-refractivity contribution in [2.24, 2.45) is 0 Å². The predicted molar refractivity (Wildman–Crippen MR) is 86.2 cm³/mol. The molecule has 1 saturated heterocycles. The topological polar surface area (TPSA) is 67.2 Å². The molecule has 22 heavy (non-hydrogen) atoms. The Kier molecular flexibility index (Phi) is 4.35. The van der Waals surface area contributed by atoms with Gasteiger partial charge in [0.2, 0.25) is 11.8 Å². The number of hydrogen-bond donors (Lipinski definition) is 1. The van der Waals surface area contributed by atoms with Gasteiger partial charge in [0.15, 0.2) is 0 Å². The first-order valence-corrected chi connectivity index (χ1v) is 8.12. The SMILES string of the molecule is O=C(CN1CSCC1=O)Nc1cnn(-c2ccccc2Cl)c1. The molecule has 3 rings (SSSR count). The molecule has 2 amide bonds. The number of hydrogen-bond acceptors (Lipinski definition) is 4. The number of amides is 2. The number of rotatable bonds is 4. The van der Waals surface area contributed by atoms with Crippen LogP contribution in [-0.2, 0) is 9.59 Å². The molecule has 2 aromatic rings. The highest BCUT2D eigenvalue weighted by molar-refractivity contribution is 8.00. The summed E-state index contributed by atoms with van der Waals surface area (Å²) >= 11 is 7.62. The second kappa shape index (κ2) is 6.41. The van der Waals surface area contributed by atoms with E-state index in [0.717, 1.165) is 5.69 Å². The van der Waals surface area contributed by atoms with E-state index in [1.807, 2.05) is 18.2 Å². The summed E-state index contributed by atoms with van der Waals surface area (Å²) in [5.41, 5.74) is 1.29. The lowest BCUT2D eigenvalue weighted by Crippen LogP contribution is -2.34. The molecule has 0 unspecified atom stereocenters. The first-order valence-electron chi connectivity index (χ1n) is 6.58. The highest BCUT2D eigenvalue weighted by Gasteiger charge is 2.23. The fraction of sp³-hybridized carbons (Fsp3) is 0.214. The van der Waals surface area contributed by atoms with Crippen molar-refractivity contribution in [3.63, 3.8) is 0 Å². The van der Waals surface area contributed by atoms with Crippen LogP contribution >= 0.6 is 23.4 Å². The Bertz CT molecular complexity index is 718. The van der Waals surface area contributed by atoms with Crippen molar-refractivity contribution in [3.05, 3.63) is 41.7 Å². The summed E-state index contributed by atoms with van der Waals surface area (Å²) in [4.78, 5) is 25.0.